The Morgan fingerprint density at radius 1 is 1.15 bits per heavy atom. The first kappa shape index (κ1) is 19.0. The molecule has 2 atom stereocenters. The van der Waals surface area contributed by atoms with Crippen LogP contribution in [0.15, 0.2) is 12.1 Å². The maximum absolute atomic E-state index is 13.6. The molecule has 0 unspecified atom stereocenters. The van der Waals surface area contributed by atoms with Crippen LogP contribution >= 0.6 is 11.6 Å². The molecule has 0 spiro atoms. The topological polar surface area (TPSA) is 43.9 Å². The van der Waals surface area contributed by atoms with E-state index in [1.54, 1.807) is 23.9 Å². The second-order valence-electron chi connectivity index (χ2n) is 7.28. The Morgan fingerprint density at radius 2 is 1.85 bits per heavy atom. The fourth-order valence-electron chi connectivity index (χ4n) is 3.73. The minimum absolute atomic E-state index is 0.0194. The number of halogens is 3. The van der Waals surface area contributed by atoms with E-state index in [9.17, 15) is 18.4 Å². The summed E-state index contributed by atoms with van der Waals surface area (Å²) in [5.41, 5.74) is -0.0194. The number of amides is 2. The second-order valence-corrected chi connectivity index (χ2v) is 7.69. The third-order valence-electron chi connectivity index (χ3n) is 5.15. The molecule has 3 aliphatic rings. The van der Waals surface area contributed by atoms with Crippen LogP contribution in [0, 0.1) is 17.6 Å². The summed E-state index contributed by atoms with van der Waals surface area (Å²) in [6.45, 7) is 2.17. The van der Waals surface area contributed by atoms with E-state index < -0.39 is 11.6 Å². The van der Waals surface area contributed by atoms with Crippen LogP contribution < -0.4 is 0 Å². The van der Waals surface area contributed by atoms with Crippen LogP contribution in [0.2, 0.25) is 5.02 Å². The maximum Gasteiger partial charge on any atom is 0.255 e. The Labute approximate surface area is 156 Å². The van der Waals surface area contributed by atoms with Crippen LogP contribution in [-0.4, -0.2) is 72.8 Å². The van der Waals surface area contributed by atoms with E-state index in [0.717, 1.165) is 31.5 Å². The lowest BCUT2D eigenvalue weighted by Crippen LogP contribution is -2.48. The number of carbonyl (C=O) groups excluding carboxylic acids is 2. The van der Waals surface area contributed by atoms with Gasteiger partial charge in [-0.25, -0.2) is 8.78 Å². The van der Waals surface area contributed by atoms with Gasteiger partial charge in [-0.05, 0) is 30.9 Å². The first-order chi connectivity index (χ1) is 12.3. The Hall–Kier alpha value is -1.73. The lowest BCUT2D eigenvalue weighted by atomic mass is 9.94. The predicted molar refractivity (Wildman–Crippen MR) is 94.1 cm³/mol. The second kappa shape index (κ2) is 7.48. The first-order valence-corrected chi connectivity index (χ1v) is 9.02. The van der Waals surface area contributed by atoms with Crippen molar-refractivity contribution in [1.82, 2.24) is 14.7 Å². The highest BCUT2D eigenvalue weighted by atomic mass is 35.5. The van der Waals surface area contributed by atoms with Crippen molar-refractivity contribution in [2.24, 2.45) is 5.92 Å². The molecule has 3 aliphatic heterocycles. The summed E-state index contributed by atoms with van der Waals surface area (Å²) >= 11 is 5.98. The summed E-state index contributed by atoms with van der Waals surface area (Å²) in [4.78, 5) is 30.3. The maximum atomic E-state index is 13.6. The average molecular weight is 386 g/mol. The number of fused-ring (bicyclic) bond motifs is 4. The van der Waals surface area contributed by atoms with Gasteiger partial charge in [0.05, 0.1) is 17.1 Å². The fraction of sp³-hybridized carbons (Fsp3) is 0.556. The van der Waals surface area contributed by atoms with E-state index in [0.29, 0.717) is 19.6 Å². The lowest BCUT2D eigenvalue weighted by Gasteiger charge is -2.36. The van der Waals surface area contributed by atoms with Gasteiger partial charge in [-0.1, -0.05) is 11.6 Å². The predicted octanol–water partition coefficient (Wildman–Crippen LogP) is 2.24. The van der Waals surface area contributed by atoms with Gasteiger partial charge < -0.3 is 9.80 Å². The van der Waals surface area contributed by atoms with E-state index >= 15 is 0 Å². The molecule has 4 rings (SSSR count). The van der Waals surface area contributed by atoms with Crippen LogP contribution in [0.1, 0.15) is 23.2 Å². The Morgan fingerprint density at radius 3 is 2.54 bits per heavy atom. The number of hydrogen-bond acceptors (Lipinski definition) is 3. The number of benzene rings is 1. The van der Waals surface area contributed by atoms with Crippen molar-refractivity contribution in [1.29, 1.82) is 0 Å². The molecule has 26 heavy (non-hydrogen) atoms. The summed E-state index contributed by atoms with van der Waals surface area (Å²) in [7, 11) is 3.44. The molecule has 0 aliphatic carbocycles. The number of nitrogens with zero attached hydrogens (tertiary/aromatic N) is 3. The third-order valence-corrected chi connectivity index (χ3v) is 5.46. The van der Waals surface area contributed by atoms with Crippen LogP contribution in [0.5, 0.6) is 0 Å². The van der Waals surface area contributed by atoms with Gasteiger partial charge in [0, 0.05) is 39.8 Å². The van der Waals surface area contributed by atoms with E-state index in [1.807, 2.05) is 0 Å². The molecule has 2 amide bonds. The average Bonchev–Trinajstić information content (AvgIpc) is 2.87. The molecule has 0 radical (unpaired) electrons. The summed E-state index contributed by atoms with van der Waals surface area (Å²) in [6.07, 6.45) is 1.80. The number of likely N-dealkylation sites (N-methyl/N-ethyl adjacent to an activating group) is 1. The molecule has 0 saturated carbocycles. The van der Waals surface area contributed by atoms with Crippen molar-refractivity contribution >= 4 is 23.4 Å². The summed E-state index contributed by atoms with van der Waals surface area (Å²) in [5.74, 6) is -2.28. The van der Waals surface area contributed by atoms with Gasteiger partial charge >= 0.3 is 0 Å². The van der Waals surface area contributed by atoms with Crippen molar-refractivity contribution in [3.63, 3.8) is 0 Å². The van der Waals surface area contributed by atoms with Crippen molar-refractivity contribution < 1.29 is 18.4 Å². The molecule has 3 fully saturated rings. The van der Waals surface area contributed by atoms with Crippen molar-refractivity contribution in [3.05, 3.63) is 34.4 Å². The summed E-state index contributed by atoms with van der Waals surface area (Å²) < 4.78 is 26.9. The normalized spacial score (nSPS) is 23.0. The summed E-state index contributed by atoms with van der Waals surface area (Å²) in [6, 6.07) is 1.63. The molecule has 8 heteroatoms. The van der Waals surface area contributed by atoms with Crippen LogP contribution in [-0.2, 0) is 4.79 Å². The number of piperidine rings is 1. The zero-order valence-corrected chi connectivity index (χ0v) is 15.6. The van der Waals surface area contributed by atoms with E-state index in [4.69, 9.17) is 11.6 Å². The fourth-order valence-corrected chi connectivity index (χ4v) is 3.96. The van der Waals surface area contributed by atoms with Gasteiger partial charge in [-0.2, -0.15) is 0 Å². The van der Waals surface area contributed by atoms with Gasteiger partial charge in [0.15, 0.2) is 11.6 Å². The number of rotatable bonds is 3. The molecule has 3 saturated heterocycles. The molecule has 2 bridgehead atoms. The molecule has 1 aromatic rings. The summed E-state index contributed by atoms with van der Waals surface area (Å²) in [5, 5.41) is -0.0892. The molecule has 142 valence electrons. The Balaban J connectivity index is 1.79. The Kier molecular flexibility index (Phi) is 5.48. The van der Waals surface area contributed by atoms with Crippen molar-refractivity contribution in [2.75, 3.05) is 40.3 Å². The van der Waals surface area contributed by atoms with Gasteiger partial charge in [0.1, 0.15) is 0 Å². The Bertz CT molecular complexity index is 729. The zero-order valence-electron chi connectivity index (χ0n) is 14.8. The van der Waals surface area contributed by atoms with Crippen LogP contribution in [0.4, 0.5) is 8.78 Å². The van der Waals surface area contributed by atoms with Crippen LogP contribution in [0.3, 0.4) is 0 Å². The molecular formula is C18H22ClF2N3O2. The smallest absolute Gasteiger partial charge is 0.255 e. The minimum Gasteiger partial charge on any atom is -0.348 e. The van der Waals surface area contributed by atoms with Gasteiger partial charge in [0.25, 0.3) is 5.91 Å². The highest BCUT2D eigenvalue weighted by Crippen LogP contribution is 2.31. The van der Waals surface area contributed by atoms with Crippen LogP contribution in [0.25, 0.3) is 0 Å². The minimum atomic E-state index is -1.09. The quantitative estimate of drug-likeness (QED) is 0.749. The molecule has 0 N–H and O–H groups in total. The standard InChI is InChI=1S/C18H22ClF2N3O2/c1-22(2)17(25)10-23-7-11-3-4-12(9-23)24(8-11)18(26)13-5-15(20)16(21)6-14(13)19/h5-6,11-12H,3-4,7-10H2,1-2H3/t11-,12+/m1/s1. The van der Waals surface area contributed by atoms with E-state index in [-0.39, 0.29) is 34.4 Å². The van der Waals surface area contributed by atoms with Gasteiger partial charge in [-0.15, -0.1) is 0 Å². The first-order valence-electron chi connectivity index (χ1n) is 8.64. The SMILES string of the molecule is CN(C)C(=O)CN1C[C@H]2CC[C@@H](C1)N(C(=O)c1cc(F)c(F)cc1Cl)C2. The highest BCUT2D eigenvalue weighted by molar-refractivity contribution is 6.33. The highest BCUT2D eigenvalue weighted by Gasteiger charge is 2.38. The number of carbonyl (C=O) groups is 2. The van der Waals surface area contributed by atoms with Gasteiger partial charge in [0.2, 0.25) is 5.91 Å². The zero-order chi connectivity index (χ0) is 19.0. The molecule has 5 nitrogen and oxygen atoms in total. The number of hydrogen-bond donors (Lipinski definition) is 0. The molecule has 3 heterocycles. The molecule has 0 aromatic heterocycles. The largest absolute Gasteiger partial charge is 0.348 e. The lowest BCUT2D eigenvalue weighted by molar-refractivity contribution is -0.129. The van der Waals surface area contributed by atoms with Crippen molar-refractivity contribution in [3.8, 4) is 0 Å². The van der Waals surface area contributed by atoms with E-state index in [2.05, 4.69) is 4.90 Å². The van der Waals surface area contributed by atoms with Crippen molar-refractivity contribution in [2.45, 2.75) is 18.9 Å². The molecule has 1 aromatic carbocycles. The monoisotopic (exact) mass is 385 g/mol. The molecular weight excluding hydrogens is 364 g/mol. The van der Waals surface area contributed by atoms with E-state index in [1.165, 1.54) is 0 Å². The third kappa shape index (κ3) is 3.83. The van der Waals surface area contributed by atoms with Gasteiger partial charge in [-0.3, -0.25) is 14.5 Å².